The number of aromatic nitrogens is 2. The smallest absolute Gasteiger partial charge is 0.431 e. The van der Waals surface area contributed by atoms with E-state index < -0.39 is 46.6 Å². The quantitative estimate of drug-likeness (QED) is 0.235. The zero-order valence-electron chi connectivity index (χ0n) is 17.3. The largest absolute Gasteiger partial charge is 0.469 e. The van der Waals surface area contributed by atoms with Gasteiger partial charge in [0.2, 0.25) is 0 Å². The average Bonchev–Trinajstić information content (AvgIpc) is 2.74. The third-order valence-electron chi connectivity index (χ3n) is 4.49. The number of halogens is 5. The molecule has 0 aliphatic carbocycles. The van der Waals surface area contributed by atoms with Gasteiger partial charge in [-0.15, -0.1) is 0 Å². The summed E-state index contributed by atoms with van der Waals surface area (Å²) in [6.07, 6.45) is -4.44. The molecule has 0 bridgehead atoms. The van der Waals surface area contributed by atoms with E-state index in [0.717, 1.165) is 19.2 Å². The predicted octanol–water partition coefficient (Wildman–Crippen LogP) is 1.48. The zero-order chi connectivity index (χ0) is 24.9. The summed E-state index contributed by atoms with van der Waals surface area (Å²) < 4.78 is 58.5. The second kappa shape index (κ2) is 10.6. The number of methoxy groups -OCH3 is 1. The number of ether oxygens (including phenoxy) is 1. The van der Waals surface area contributed by atoms with Gasteiger partial charge in [0.05, 0.1) is 36.0 Å². The molecule has 1 aromatic heterocycles. The molecule has 0 spiro atoms. The first-order valence-corrected chi connectivity index (χ1v) is 9.67. The van der Waals surface area contributed by atoms with E-state index in [-0.39, 0.29) is 45.4 Å². The van der Waals surface area contributed by atoms with Gasteiger partial charge in [-0.1, -0.05) is 11.6 Å². The lowest BCUT2D eigenvalue weighted by Gasteiger charge is -2.18. The number of rotatable bonds is 9. The van der Waals surface area contributed by atoms with Crippen LogP contribution in [0.2, 0.25) is 5.02 Å². The van der Waals surface area contributed by atoms with E-state index in [1.807, 2.05) is 0 Å². The molecule has 0 fully saturated rings. The molecule has 0 saturated heterocycles. The van der Waals surface area contributed by atoms with Gasteiger partial charge >= 0.3 is 17.8 Å². The Morgan fingerprint density at radius 2 is 1.94 bits per heavy atom. The number of alkyl halides is 3. The molecule has 1 aromatic carbocycles. The molecular formula is C19H19ClF4N4O5. The highest BCUT2D eigenvalue weighted by atomic mass is 35.5. The standard InChI is InChI=1S/C19H19ClF4N4O5/c1-27-15(19(22,23)24)7-16(30)28(18(27)32)14-6-13(11(20)5-12(14)21)26-10(9-29)8-25-4-3-17(31)33-2/h5-7,9-10,25-26H,3-4,8H2,1-2H3/t10-/m0/s1. The van der Waals surface area contributed by atoms with Crippen molar-refractivity contribution in [3.05, 3.63) is 55.6 Å². The first-order chi connectivity index (χ1) is 15.4. The molecule has 180 valence electrons. The Bertz CT molecular complexity index is 1160. The maximum absolute atomic E-state index is 14.6. The van der Waals surface area contributed by atoms with Gasteiger partial charge < -0.3 is 20.2 Å². The maximum atomic E-state index is 14.6. The second-order valence-electron chi connectivity index (χ2n) is 6.74. The summed E-state index contributed by atoms with van der Waals surface area (Å²) in [6, 6.07) is 0.918. The van der Waals surface area contributed by atoms with Crippen molar-refractivity contribution in [2.75, 3.05) is 25.5 Å². The van der Waals surface area contributed by atoms with Crippen LogP contribution in [0.15, 0.2) is 27.8 Å². The fraction of sp³-hybridized carbons (Fsp3) is 0.368. The second-order valence-corrected chi connectivity index (χ2v) is 7.15. The number of anilines is 1. The molecular weight excluding hydrogens is 476 g/mol. The summed E-state index contributed by atoms with van der Waals surface area (Å²) in [5, 5.41) is 5.28. The van der Waals surface area contributed by atoms with Gasteiger partial charge in [-0.3, -0.25) is 14.2 Å². The molecule has 14 heteroatoms. The monoisotopic (exact) mass is 494 g/mol. The number of nitrogens with zero attached hydrogens (tertiary/aromatic N) is 2. The lowest BCUT2D eigenvalue weighted by molar-refractivity contribution is -0.144. The van der Waals surface area contributed by atoms with E-state index in [2.05, 4.69) is 15.4 Å². The lowest BCUT2D eigenvalue weighted by atomic mass is 10.2. The lowest BCUT2D eigenvalue weighted by Crippen LogP contribution is -2.41. The van der Waals surface area contributed by atoms with Crippen LogP contribution in [0.1, 0.15) is 12.1 Å². The number of esters is 1. The third-order valence-corrected chi connectivity index (χ3v) is 4.80. The number of aldehydes is 1. The molecule has 2 N–H and O–H groups in total. The van der Waals surface area contributed by atoms with Crippen molar-refractivity contribution in [2.24, 2.45) is 7.05 Å². The number of carbonyl (C=O) groups is 2. The molecule has 0 aliphatic heterocycles. The zero-order valence-corrected chi connectivity index (χ0v) is 18.1. The van der Waals surface area contributed by atoms with Crippen molar-refractivity contribution < 1.29 is 31.9 Å². The molecule has 2 rings (SSSR count). The number of hydrogen-bond donors (Lipinski definition) is 2. The van der Waals surface area contributed by atoms with Gasteiger partial charge in [-0.05, 0) is 12.1 Å². The van der Waals surface area contributed by atoms with Crippen molar-refractivity contribution in [3.63, 3.8) is 0 Å². The summed E-state index contributed by atoms with van der Waals surface area (Å²) in [7, 11) is 2.01. The van der Waals surface area contributed by atoms with E-state index in [1.165, 1.54) is 7.11 Å². The van der Waals surface area contributed by atoms with Crippen molar-refractivity contribution in [1.82, 2.24) is 14.5 Å². The fourth-order valence-electron chi connectivity index (χ4n) is 2.82. The Morgan fingerprint density at radius 3 is 2.52 bits per heavy atom. The van der Waals surface area contributed by atoms with Crippen LogP contribution >= 0.6 is 11.6 Å². The normalized spacial score (nSPS) is 12.3. The third kappa shape index (κ3) is 6.20. The number of benzene rings is 1. The summed E-state index contributed by atoms with van der Waals surface area (Å²) in [5.74, 6) is -1.61. The number of hydrogen-bond acceptors (Lipinski definition) is 7. The summed E-state index contributed by atoms with van der Waals surface area (Å²) in [5.41, 5.74) is -5.06. The van der Waals surface area contributed by atoms with Crippen LogP contribution < -0.4 is 21.9 Å². The molecule has 9 nitrogen and oxygen atoms in total. The highest BCUT2D eigenvalue weighted by molar-refractivity contribution is 6.33. The minimum Gasteiger partial charge on any atom is -0.469 e. The minimum absolute atomic E-state index is 0.0194. The van der Waals surface area contributed by atoms with E-state index in [9.17, 15) is 36.7 Å². The average molecular weight is 495 g/mol. The van der Waals surface area contributed by atoms with Crippen molar-refractivity contribution >= 4 is 29.5 Å². The van der Waals surface area contributed by atoms with Gasteiger partial charge in [0.25, 0.3) is 5.56 Å². The highest BCUT2D eigenvalue weighted by Gasteiger charge is 2.35. The van der Waals surface area contributed by atoms with Gasteiger partial charge in [0.1, 0.15) is 17.8 Å². The van der Waals surface area contributed by atoms with Crippen LogP contribution in [-0.2, 0) is 27.5 Å². The summed E-state index contributed by atoms with van der Waals surface area (Å²) in [6.45, 7) is 0.212. The van der Waals surface area contributed by atoms with Gasteiger partial charge in [-0.2, -0.15) is 13.2 Å². The summed E-state index contributed by atoms with van der Waals surface area (Å²) >= 11 is 5.99. The molecule has 1 heterocycles. The van der Waals surface area contributed by atoms with Crippen molar-refractivity contribution in [3.8, 4) is 5.69 Å². The number of nitrogens with one attached hydrogen (secondary N) is 2. The Hall–Kier alpha value is -3.19. The first-order valence-electron chi connectivity index (χ1n) is 9.29. The van der Waals surface area contributed by atoms with Crippen molar-refractivity contribution in [2.45, 2.75) is 18.6 Å². The van der Waals surface area contributed by atoms with E-state index in [0.29, 0.717) is 6.29 Å². The van der Waals surface area contributed by atoms with Crippen molar-refractivity contribution in [1.29, 1.82) is 0 Å². The molecule has 2 aromatic rings. The van der Waals surface area contributed by atoms with Crippen LogP contribution in [0.3, 0.4) is 0 Å². The predicted molar refractivity (Wildman–Crippen MR) is 110 cm³/mol. The molecule has 33 heavy (non-hydrogen) atoms. The highest BCUT2D eigenvalue weighted by Crippen LogP contribution is 2.29. The van der Waals surface area contributed by atoms with Crippen LogP contribution in [-0.4, -0.2) is 47.6 Å². The summed E-state index contributed by atoms with van der Waals surface area (Å²) in [4.78, 5) is 47.2. The van der Waals surface area contributed by atoms with Crippen LogP contribution in [0.5, 0.6) is 0 Å². The Labute approximate surface area is 188 Å². The van der Waals surface area contributed by atoms with E-state index in [4.69, 9.17) is 11.6 Å². The fourth-order valence-corrected chi connectivity index (χ4v) is 3.03. The Kier molecular flexibility index (Phi) is 8.39. The SMILES string of the molecule is COC(=O)CCNC[C@@H](C=O)Nc1cc(-n2c(=O)cc(C(F)(F)F)n(C)c2=O)c(F)cc1Cl. The Balaban J connectivity index is 2.39. The topological polar surface area (TPSA) is 111 Å². The molecule has 0 unspecified atom stereocenters. The molecule has 0 amide bonds. The molecule has 0 radical (unpaired) electrons. The molecule has 1 atom stereocenters. The van der Waals surface area contributed by atoms with E-state index in [1.54, 1.807) is 0 Å². The van der Waals surface area contributed by atoms with Crippen LogP contribution in [0, 0.1) is 5.82 Å². The minimum atomic E-state index is -4.98. The van der Waals surface area contributed by atoms with Crippen LogP contribution in [0.25, 0.3) is 5.69 Å². The van der Waals surface area contributed by atoms with Crippen LogP contribution in [0.4, 0.5) is 23.2 Å². The van der Waals surface area contributed by atoms with Gasteiger partial charge in [-0.25, -0.2) is 13.8 Å². The van der Waals surface area contributed by atoms with E-state index >= 15 is 0 Å². The number of carbonyl (C=O) groups excluding carboxylic acids is 2. The maximum Gasteiger partial charge on any atom is 0.431 e. The Morgan fingerprint density at radius 1 is 1.27 bits per heavy atom. The molecule has 0 saturated carbocycles. The first kappa shape index (κ1) is 26.1. The molecule has 0 aliphatic rings. The van der Waals surface area contributed by atoms with Gasteiger partial charge in [0, 0.05) is 26.2 Å². The van der Waals surface area contributed by atoms with Gasteiger partial charge in [0.15, 0.2) is 0 Å².